The summed E-state index contributed by atoms with van der Waals surface area (Å²) in [6.07, 6.45) is -8.18. The normalized spacial score (nSPS) is 48.9. The van der Waals surface area contributed by atoms with Gasteiger partial charge in [0, 0.05) is 0 Å². The van der Waals surface area contributed by atoms with Crippen molar-refractivity contribution in [2.24, 2.45) is 0 Å². The van der Waals surface area contributed by atoms with E-state index >= 15 is 0 Å². The lowest BCUT2D eigenvalue weighted by Gasteiger charge is -2.39. The van der Waals surface area contributed by atoms with Crippen molar-refractivity contribution < 1.29 is 30.3 Å². The van der Waals surface area contributed by atoms with Gasteiger partial charge in [0.1, 0.15) is 24.4 Å². The van der Waals surface area contributed by atoms with Crippen LogP contribution in [0.25, 0.3) is 0 Å². The zero-order valence-corrected chi connectivity index (χ0v) is 7.11. The molecule has 1 saturated heterocycles. The Balaban J connectivity index is 2.70. The van der Waals surface area contributed by atoms with Crippen molar-refractivity contribution in [2.45, 2.75) is 43.7 Å². The van der Waals surface area contributed by atoms with E-state index in [1.807, 2.05) is 0 Å². The van der Waals surface area contributed by atoms with Gasteiger partial charge in [-0.2, -0.15) is 0 Å². The van der Waals surface area contributed by atoms with Gasteiger partial charge in [0.05, 0.1) is 6.10 Å². The molecule has 0 unspecified atom stereocenters. The van der Waals surface area contributed by atoms with Crippen LogP contribution < -0.4 is 0 Å². The number of hydrogen-bond donors (Lipinski definition) is 5. The van der Waals surface area contributed by atoms with Crippen molar-refractivity contribution in [3.05, 3.63) is 0 Å². The highest BCUT2D eigenvalue weighted by Gasteiger charge is 2.44. The van der Waals surface area contributed by atoms with E-state index in [9.17, 15) is 10.2 Å². The van der Waals surface area contributed by atoms with Crippen LogP contribution >= 0.6 is 0 Å². The fourth-order valence-electron chi connectivity index (χ4n) is 1.29. The second-order valence-electron chi connectivity index (χ2n) is 3.20. The first-order valence-corrected chi connectivity index (χ1v) is 4.01. The molecule has 0 amide bonds. The minimum absolute atomic E-state index is 1.04. The van der Waals surface area contributed by atoms with Gasteiger partial charge in [0.25, 0.3) is 0 Å². The van der Waals surface area contributed by atoms with Crippen molar-refractivity contribution in [1.82, 2.24) is 0 Å². The Morgan fingerprint density at radius 1 is 1.00 bits per heavy atom. The number of aliphatic hydroxyl groups is 5. The molecule has 1 heterocycles. The van der Waals surface area contributed by atoms with Crippen LogP contribution in [-0.4, -0.2) is 62.3 Å². The van der Waals surface area contributed by atoms with Crippen LogP contribution in [0.5, 0.6) is 0 Å². The molecule has 1 aliphatic rings. The molecule has 0 saturated carbocycles. The summed E-state index contributed by atoms with van der Waals surface area (Å²) in [5.41, 5.74) is 0. The fraction of sp³-hybridized carbons (Fsp3) is 1.00. The maximum absolute atomic E-state index is 9.29. The predicted molar refractivity (Wildman–Crippen MR) is 40.6 cm³/mol. The van der Waals surface area contributed by atoms with Crippen molar-refractivity contribution >= 4 is 0 Å². The minimum Gasteiger partial charge on any atom is -0.391 e. The molecule has 0 aromatic heterocycles. The molecule has 6 nitrogen and oxygen atoms in total. The van der Waals surface area contributed by atoms with Gasteiger partial charge >= 0.3 is 0 Å². The Morgan fingerprint density at radius 3 is 2.00 bits per heavy atom. The molecule has 0 bridgehead atoms. The van der Waals surface area contributed by atoms with Gasteiger partial charge in [-0.05, 0) is 6.92 Å². The summed E-state index contributed by atoms with van der Waals surface area (Å²) in [6, 6.07) is 0. The second kappa shape index (κ2) is 3.87. The average molecular weight is 194 g/mol. The van der Waals surface area contributed by atoms with Gasteiger partial charge < -0.3 is 30.3 Å². The van der Waals surface area contributed by atoms with E-state index in [-0.39, 0.29) is 0 Å². The van der Waals surface area contributed by atoms with Crippen molar-refractivity contribution in [3.63, 3.8) is 0 Å². The van der Waals surface area contributed by atoms with Crippen LogP contribution in [0.15, 0.2) is 0 Å². The molecule has 0 spiro atoms. The number of ether oxygens (including phenoxy) is 1. The van der Waals surface area contributed by atoms with Gasteiger partial charge in [-0.25, -0.2) is 0 Å². The Labute approximate surface area is 75.0 Å². The highest BCUT2D eigenvalue weighted by molar-refractivity contribution is 4.90. The maximum atomic E-state index is 9.29. The molecular formula is C7H14O6. The third-order valence-electron chi connectivity index (χ3n) is 2.10. The zero-order chi connectivity index (χ0) is 10.2. The first-order valence-electron chi connectivity index (χ1n) is 4.01. The van der Waals surface area contributed by atoms with E-state index < -0.39 is 36.8 Å². The van der Waals surface area contributed by atoms with E-state index in [1.54, 1.807) is 0 Å². The molecule has 1 aliphatic heterocycles. The molecular weight excluding hydrogens is 180 g/mol. The third kappa shape index (κ3) is 1.98. The van der Waals surface area contributed by atoms with Crippen LogP contribution in [0.2, 0.25) is 0 Å². The van der Waals surface area contributed by atoms with Gasteiger partial charge in [0.2, 0.25) is 0 Å². The van der Waals surface area contributed by atoms with Gasteiger partial charge in [0.15, 0.2) is 6.29 Å². The summed E-state index contributed by atoms with van der Waals surface area (Å²) in [7, 11) is 0. The van der Waals surface area contributed by atoms with Crippen LogP contribution in [0.3, 0.4) is 0 Å². The van der Waals surface area contributed by atoms with Gasteiger partial charge in [-0.1, -0.05) is 0 Å². The first kappa shape index (κ1) is 10.8. The number of rotatable bonds is 1. The number of hydrogen-bond acceptors (Lipinski definition) is 6. The van der Waals surface area contributed by atoms with Crippen LogP contribution in [0, 0.1) is 0 Å². The second-order valence-corrected chi connectivity index (χ2v) is 3.20. The highest BCUT2D eigenvalue weighted by atomic mass is 16.6. The summed E-state index contributed by atoms with van der Waals surface area (Å²) >= 11 is 0. The fourth-order valence-corrected chi connectivity index (χ4v) is 1.29. The molecule has 6 heteroatoms. The van der Waals surface area contributed by atoms with E-state index in [2.05, 4.69) is 4.74 Å². The summed E-state index contributed by atoms with van der Waals surface area (Å²) in [5, 5.41) is 45.6. The summed E-state index contributed by atoms with van der Waals surface area (Å²) in [5.74, 6) is 0. The van der Waals surface area contributed by atoms with Crippen LogP contribution in [0.4, 0.5) is 0 Å². The largest absolute Gasteiger partial charge is 0.391 e. The summed E-state index contributed by atoms with van der Waals surface area (Å²) < 4.78 is 4.69. The lowest BCUT2D eigenvalue weighted by molar-refractivity contribution is -0.295. The lowest BCUT2D eigenvalue weighted by atomic mass is 9.96. The smallest absolute Gasteiger partial charge is 0.184 e. The summed E-state index contributed by atoms with van der Waals surface area (Å²) in [4.78, 5) is 0. The quantitative estimate of drug-likeness (QED) is 0.308. The molecule has 0 aliphatic carbocycles. The van der Waals surface area contributed by atoms with E-state index in [0.29, 0.717) is 0 Å². The molecule has 0 radical (unpaired) electrons. The van der Waals surface area contributed by atoms with Crippen molar-refractivity contribution in [2.75, 3.05) is 0 Å². The maximum Gasteiger partial charge on any atom is 0.184 e. The molecule has 0 aromatic rings. The van der Waals surface area contributed by atoms with Crippen LogP contribution in [-0.2, 0) is 4.74 Å². The molecule has 13 heavy (non-hydrogen) atoms. The molecule has 6 atom stereocenters. The number of aliphatic hydroxyl groups excluding tert-OH is 5. The Hall–Kier alpha value is -0.240. The Morgan fingerprint density at radius 2 is 1.54 bits per heavy atom. The molecule has 1 fully saturated rings. The lowest BCUT2D eigenvalue weighted by Crippen LogP contribution is -2.60. The monoisotopic (exact) mass is 194 g/mol. The van der Waals surface area contributed by atoms with E-state index in [4.69, 9.17) is 15.3 Å². The molecule has 78 valence electrons. The van der Waals surface area contributed by atoms with Gasteiger partial charge in [-0.15, -0.1) is 0 Å². The molecule has 1 rings (SSSR count). The van der Waals surface area contributed by atoms with E-state index in [0.717, 1.165) is 0 Å². The Bertz CT molecular complexity index is 172. The standard InChI is InChI=1S/C7H14O6/c1-2(8)6-4(10)3(9)5(11)7(12)13-6/h2-12H,1H3/t2-,3+,4+,5-,6-,7+/m1/s1. The molecule has 0 aromatic carbocycles. The highest BCUT2D eigenvalue weighted by Crippen LogP contribution is 2.21. The first-order chi connectivity index (χ1) is 5.95. The predicted octanol–water partition coefficient (Wildman–Crippen LogP) is -2.83. The topological polar surface area (TPSA) is 110 Å². The SMILES string of the molecule is C[C@@H](O)[C@H]1O[C@H](O)[C@H](O)[C@@H](O)[C@@H]1O. The van der Waals surface area contributed by atoms with Crippen LogP contribution in [0.1, 0.15) is 6.92 Å². The van der Waals surface area contributed by atoms with Crippen molar-refractivity contribution in [1.29, 1.82) is 0 Å². The van der Waals surface area contributed by atoms with E-state index in [1.165, 1.54) is 6.92 Å². The minimum atomic E-state index is -1.59. The zero-order valence-electron chi connectivity index (χ0n) is 7.11. The molecule has 5 N–H and O–H groups in total. The Kier molecular flexibility index (Phi) is 3.23. The third-order valence-corrected chi connectivity index (χ3v) is 2.10. The summed E-state index contributed by atoms with van der Waals surface area (Å²) in [6.45, 7) is 1.35. The van der Waals surface area contributed by atoms with Gasteiger partial charge in [-0.3, -0.25) is 0 Å². The van der Waals surface area contributed by atoms with Crippen molar-refractivity contribution in [3.8, 4) is 0 Å². The average Bonchev–Trinajstić information content (AvgIpc) is 2.07.